The van der Waals surface area contributed by atoms with E-state index in [0.29, 0.717) is 23.8 Å². The number of hydrogen-bond acceptors (Lipinski definition) is 6. The normalized spacial score (nSPS) is 24.0. The number of nitrogens with zero attached hydrogens (tertiary/aromatic N) is 2. The van der Waals surface area contributed by atoms with E-state index in [4.69, 9.17) is 14.2 Å². The van der Waals surface area contributed by atoms with Crippen LogP contribution in [-0.2, 0) is 9.59 Å². The zero-order valence-electron chi connectivity index (χ0n) is 20.9. The van der Waals surface area contributed by atoms with Gasteiger partial charge in [-0.1, -0.05) is 37.5 Å². The molecule has 1 unspecified atom stereocenters. The summed E-state index contributed by atoms with van der Waals surface area (Å²) in [7, 11) is 3.49. The number of carbonyl (C=O) groups excluding carboxylic acids is 1. The molecule has 8 nitrogen and oxygen atoms in total. The molecule has 8 heteroatoms. The lowest BCUT2D eigenvalue weighted by atomic mass is 9.82. The fourth-order valence-corrected chi connectivity index (χ4v) is 6.03. The van der Waals surface area contributed by atoms with E-state index in [1.807, 2.05) is 59.3 Å². The van der Waals surface area contributed by atoms with E-state index in [1.165, 1.54) is 6.42 Å². The number of likely N-dealkylation sites (N-methyl/N-ethyl adjacent to an activating group) is 1. The first kappa shape index (κ1) is 24.4. The molecule has 5 rings (SSSR count). The van der Waals surface area contributed by atoms with Crippen LogP contribution in [-0.4, -0.2) is 66.9 Å². The second-order valence-electron chi connectivity index (χ2n) is 10.0. The van der Waals surface area contributed by atoms with Crippen LogP contribution in [0.5, 0.6) is 17.2 Å². The van der Waals surface area contributed by atoms with Crippen molar-refractivity contribution in [3.8, 4) is 17.2 Å². The van der Waals surface area contributed by atoms with Crippen LogP contribution in [0.2, 0.25) is 0 Å². The van der Waals surface area contributed by atoms with Crippen LogP contribution >= 0.6 is 0 Å². The predicted molar refractivity (Wildman–Crippen MR) is 133 cm³/mol. The number of carboxylic acids is 1. The number of hydrogen-bond donors (Lipinski definition) is 1. The van der Waals surface area contributed by atoms with Gasteiger partial charge in [0.2, 0.25) is 12.7 Å². The van der Waals surface area contributed by atoms with Crippen LogP contribution in [0.3, 0.4) is 0 Å². The number of ether oxygens (including phenoxy) is 3. The highest BCUT2D eigenvalue weighted by atomic mass is 16.7. The monoisotopic (exact) mass is 494 g/mol. The van der Waals surface area contributed by atoms with E-state index in [2.05, 4.69) is 0 Å². The van der Waals surface area contributed by atoms with E-state index in [1.54, 1.807) is 7.11 Å². The zero-order chi connectivity index (χ0) is 25.2. The highest BCUT2D eigenvalue weighted by Gasteiger charge is 2.48. The molecule has 2 fully saturated rings. The van der Waals surface area contributed by atoms with Gasteiger partial charge in [0.25, 0.3) is 0 Å². The van der Waals surface area contributed by atoms with Crippen LogP contribution in [0.25, 0.3) is 0 Å². The molecule has 2 heterocycles. The summed E-state index contributed by atoms with van der Waals surface area (Å²) in [6, 6.07) is 12.9. The molecular weight excluding hydrogens is 460 g/mol. The number of aliphatic carboxylic acids is 1. The second kappa shape index (κ2) is 10.4. The Hall–Kier alpha value is -3.26. The molecule has 1 saturated heterocycles. The summed E-state index contributed by atoms with van der Waals surface area (Å²) in [5.41, 5.74) is 1.74. The maximum absolute atomic E-state index is 13.4. The zero-order valence-corrected chi connectivity index (χ0v) is 20.9. The van der Waals surface area contributed by atoms with E-state index in [-0.39, 0.29) is 31.2 Å². The fourth-order valence-electron chi connectivity index (χ4n) is 6.03. The summed E-state index contributed by atoms with van der Waals surface area (Å²) >= 11 is 0. The van der Waals surface area contributed by atoms with Gasteiger partial charge in [-0.05, 0) is 48.2 Å². The lowest BCUT2D eigenvalue weighted by Gasteiger charge is -2.34. The third-order valence-electron chi connectivity index (χ3n) is 8.02. The first-order chi connectivity index (χ1) is 17.5. The Labute approximate surface area is 211 Å². The van der Waals surface area contributed by atoms with Gasteiger partial charge in [0, 0.05) is 31.6 Å². The molecule has 2 aromatic rings. The van der Waals surface area contributed by atoms with E-state index in [9.17, 15) is 14.7 Å². The minimum absolute atomic E-state index is 0.0379. The van der Waals surface area contributed by atoms with Crippen LogP contribution in [0.1, 0.15) is 55.2 Å². The first-order valence-corrected chi connectivity index (χ1v) is 12.7. The maximum atomic E-state index is 13.4. The minimum atomic E-state index is -0.880. The Morgan fingerprint density at radius 3 is 2.42 bits per heavy atom. The molecule has 3 aliphatic rings. The average Bonchev–Trinajstić information content (AvgIpc) is 3.53. The van der Waals surface area contributed by atoms with Gasteiger partial charge in [-0.3, -0.25) is 14.5 Å². The minimum Gasteiger partial charge on any atom is -0.497 e. The number of amides is 1. The third-order valence-corrected chi connectivity index (χ3v) is 8.02. The van der Waals surface area contributed by atoms with Crippen molar-refractivity contribution in [1.29, 1.82) is 0 Å². The summed E-state index contributed by atoms with van der Waals surface area (Å²) in [4.78, 5) is 30.1. The van der Waals surface area contributed by atoms with E-state index < -0.39 is 17.9 Å². The molecule has 0 aromatic heterocycles. The summed E-state index contributed by atoms with van der Waals surface area (Å²) in [6.45, 7) is 0.792. The fraction of sp³-hybridized carbons (Fsp3) is 0.500. The van der Waals surface area contributed by atoms with Crippen LogP contribution < -0.4 is 14.2 Å². The summed E-state index contributed by atoms with van der Waals surface area (Å²) in [5, 5.41) is 10.4. The second-order valence-corrected chi connectivity index (χ2v) is 10.0. The van der Waals surface area contributed by atoms with Crippen molar-refractivity contribution in [3.63, 3.8) is 0 Å². The molecule has 3 atom stereocenters. The molecule has 1 saturated carbocycles. The van der Waals surface area contributed by atoms with Crippen LogP contribution in [0.15, 0.2) is 42.5 Å². The molecular formula is C28H34N2O6. The topological polar surface area (TPSA) is 88.5 Å². The van der Waals surface area contributed by atoms with Gasteiger partial charge in [0.05, 0.1) is 19.6 Å². The predicted octanol–water partition coefficient (Wildman–Crippen LogP) is 4.06. The molecule has 2 aliphatic heterocycles. The van der Waals surface area contributed by atoms with Gasteiger partial charge in [-0.15, -0.1) is 0 Å². The molecule has 0 radical (unpaired) electrons. The van der Waals surface area contributed by atoms with Gasteiger partial charge >= 0.3 is 5.97 Å². The highest BCUT2D eigenvalue weighted by Crippen LogP contribution is 2.47. The van der Waals surface area contributed by atoms with Crippen LogP contribution in [0, 0.1) is 5.92 Å². The van der Waals surface area contributed by atoms with E-state index in [0.717, 1.165) is 36.8 Å². The Bertz CT molecular complexity index is 1100. The standard InChI is InChI=1S/C28H34N2O6/c1-29(20-6-4-3-5-7-20)25(31)16-30-15-22(19-10-13-23-24(14-19)36-17-35-23)26(28(32)33)27(30)18-8-11-21(34-2)12-9-18/h8-14,20,22,26-27H,3-7,15-17H2,1-2H3,(H,32,33)/t22?,26-,27+/m0/s1. The summed E-state index contributed by atoms with van der Waals surface area (Å²) in [5.74, 6) is 0.115. The summed E-state index contributed by atoms with van der Waals surface area (Å²) < 4.78 is 16.3. The average molecular weight is 495 g/mol. The molecule has 36 heavy (non-hydrogen) atoms. The van der Waals surface area contributed by atoms with Crippen molar-refractivity contribution in [2.75, 3.05) is 34.0 Å². The lowest BCUT2D eigenvalue weighted by Crippen LogP contribution is -2.44. The number of carbonyl (C=O) groups is 2. The van der Waals surface area contributed by atoms with Crippen molar-refractivity contribution >= 4 is 11.9 Å². The maximum Gasteiger partial charge on any atom is 0.309 e. The molecule has 1 aliphatic carbocycles. The Morgan fingerprint density at radius 2 is 1.72 bits per heavy atom. The smallest absolute Gasteiger partial charge is 0.309 e. The molecule has 2 aromatic carbocycles. The number of carboxylic acid groups (broad SMARTS) is 1. The van der Waals surface area contributed by atoms with Crippen molar-refractivity contribution in [1.82, 2.24) is 9.80 Å². The van der Waals surface area contributed by atoms with Crippen molar-refractivity contribution in [2.24, 2.45) is 5.92 Å². The number of rotatable bonds is 7. The largest absolute Gasteiger partial charge is 0.497 e. The van der Waals surface area contributed by atoms with Crippen molar-refractivity contribution < 1.29 is 28.9 Å². The molecule has 0 bridgehead atoms. The quantitative estimate of drug-likeness (QED) is 0.621. The van der Waals surface area contributed by atoms with Crippen molar-refractivity contribution in [3.05, 3.63) is 53.6 Å². The highest BCUT2D eigenvalue weighted by molar-refractivity contribution is 5.79. The third kappa shape index (κ3) is 4.74. The Balaban J connectivity index is 1.46. The number of methoxy groups -OCH3 is 1. The van der Waals surface area contributed by atoms with Gasteiger partial charge in [0.1, 0.15) is 5.75 Å². The van der Waals surface area contributed by atoms with Crippen molar-refractivity contribution in [2.45, 2.75) is 50.1 Å². The van der Waals surface area contributed by atoms with Gasteiger partial charge in [-0.25, -0.2) is 0 Å². The SMILES string of the molecule is COc1ccc([C@@H]2[C@@H](C(=O)O)C(c3ccc4c(c3)OCO4)CN2CC(=O)N(C)C2CCCCC2)cc1. The lowest BCUT2D eigenvalue weighted by molar-refractivity contribution is -0.144. The van der Waals surface area contributed by atoms with Gasteiger partial charge in [0.15, 0.2) is 11.5 Å². The number of fused-ring (bicyclic) bond motifs is 1. The molecule has 0 spiro atoms. The number of benzene rings is 2. The molecule has 1 N–H and O–H groups in total. The first-order valence-electron chi connectivity index (χ1n) is 12.7. The Morgan fingerprint density at radius 1 is 1.03 bits per heavy atom. The number of likely N-dealkylation sites (tertiary alicyclic amines) is 1. The summed E-state index contributed by atoms with van der Waals surface area (Å²) in [6.07, 6.45) is 5.58. The van der Waals surface area contributed by atoms with E-state index >= 15 is 0 Å². The molecule has 1 amide bonds. The molecule has 192 valence electrons. The van der Waals surface area contributed by atoms with Gasteiger partial charge in [-0.2, -0.15) is 0 Å². The van der Waals surface area contributed by atoms with Gasteiger partial charge < -0.3 is 24.2 Å². The van der Waals surface area contributed by atoms with Crippen LogP contribution in [0.4, 0.5) is 0 Å². The Kier molecular flexibility index (Phi) is 7.05.